The third-order valence-electron chi connectivity index (χ3n) is 3.31. The van der Waals surface area contributed by atoms with Crippen molar-refractivity contribution in [2.45, 2.75) is 6.92 Å². The van der Waals surface area contributed by atoms with Crippen LogP contribution in [0.25, 0.3) is 10.9 Å². The molecule has 1 aromatic carbocycles. The van der Waals surface area contributed by atoms with Gasteiger partial charge in [-0.15, -0.1) is 4.51 Å². The van der Waals surface area contributed by atoms with E-state index in [0.717, 1.165) is 16.5 Å². The number of aryl methyl sites for hydroxylation is 1. The van der Waals surface area contributed by atoms with Crippen LogP contribution >= 0.6 is 23.4 Å². The van der Waals surface area contributed by atoms with Crippen LogP contribution in [0.4, 0.5) is 5.82 Å². The average molecular weight is 362 g/mol. The van der Waals surface area contributed by atoms with Crippen LogP contribution in [0, 0.1) is 6.92 Å². The lowest BCUT2D eigenvalue weighted by atomic mass is 10.2. The number of benzene rings is 1. The Morgan fingerprint density at radius 3 is 2.83 bits per heavy atom. The van der Waals surface area contributed by atoms with Crippen molar-refractivity contribution < 1.29 is 4.79 Å². The molecule has 0 unspecified atom stereocenters. The summed E-state index contributed by atoms with van der Waals surface area (Å²) in [5, 5.41) is 6.88. The van der Waals surface area contributed by atoms with Crippen molar-refractivity contribution in [2.24, 2.45) is 4.51 Å². The molecule has 0 fully saturated rings. The number of nitrogens with one attached hydrogen (secondary N) is 3. The summed E-state index contributed by atoms with van der Waals surface area (Å²) in [6, 6.07) is 10.7. The first-order chi connectivity index (χ1) is 11.5. The van der Waals surface area contributed by atoms with Crippen molar-refractivity contribution in [3.05, 3.63) is 58.9 Å². The van der Waals surface area contributed by atoms with Crippen LogP contribution < -0.4 is 10.6 Å². The van der Waals surface area contributed by atoms with Crippen molar-refractivity contribution in [2.75, 3.05) is 5.32 Å². The highest BCUT2D eigenvalue weighted by molar-refractivity contribution is 6.31. The minimum atomic E-state index is -0.387. The lowest BCUT2D eigenvalue weighted by molar-refractivity contribution is 0.0973. The van der Waals surface area contributed by atoms with Crippen molar-refractivity contribution >= 4 is 52.0 Å². The second-order valence-corrected chi connectivity index (χ2v) is 5.75. The molecule has 2 aromatic heterocycles. The van der Waals surface area contributed by atoms with Gasteiger partial charge in [-0.2, -0.15) is 0 Å². The number of halogens is 2. The zero-order chi connectivity index (χ0) is 17.1. The maximum atomic E-state index is 12.4. The number of anilines is 1. The molecule has 8 heteroatoms. The number of carbonyl (C=O) groups excluding carboxylic acids is 1. The number of aromatic nitrogens is 2. The number of amides is 1. The standard InChI is InChI=1S/C16H13Cl2N5O/c1-9-4-5-19-14(6-9)21-16(23-18)22-15(24)13-8-10-7-11(17)2-3-12(10)20-13/h2-8,20H,1H3,(H2,19,21,22,23,24). The Bertz CT molecular complexity index is 935. The molecule has 1 amide bonds. The largest absolute Gasteiger partial charge is 0.351 e. The maximum absolute atomic E-state index is 12.4. The van der Waals surface area contributed by atoms with E-state index < -0.39 is 0 Å². The number of pyridine rings is 1. The molecule has 0 aliphatic rings. The number of hydrogen-bond acceptors (Lipinski definition) is 3. The molecule has 3 rings (SSSR count). The first kappa shape index (κ1) is 16.3. The van der Waals surface area contributed by atoms with Crippen LogP contribution in [0.1, 0.15) is 16.1 Å². The molecule has 0 atom stereocenters. The summed E-state index contributed by atoms with van der Waals surface area (Å²) in [5.41, 5.74) is 2.19. The molecule has 6 nitrogen and oxygen atoms in total. The molecule has 0 aliphatic carbocycles. The zero-order valence-corrected chi connectivity index (χ0v) is 14.1. The van der Waals surface area contributed by atoms with E-state index in [4.69, 9.17) is 23.4 Å². The molecule has 3 N–H and O–H groups in total. The van der Waals surface area contributed by atoms with E-state index in [2.05, 4.69) is 25.1 Å². The Kier molecular flexibility index (Phi) is 4.69. The van der Waals surface area contributed by atoms with Crippen LogP contribution in [0.5, 0.6) is 0 Å². The van der Waals surface area contributed by atoms with Crippen molar-refractivity contribution in [1.29, 1.82) is 0 Å². The van der Waals surface area contributed by atoms with Gasteiger partial charge in [0.1, 0.15) is 11.5 Å². The Morgan fingerprint density at radius 2 is 2.08 bits per heavy atom. The van der Waals surface area contributed by atoms with Crippen LogP contribution in [0.15, 0.2) is 47.1 Å². The van der Waals surface area contributed by atoms with Crippen LogP contribution in [-0.2, 0) is 0 Å². The molecule has 0 spiro atoms. The highest BCUT2D eigenvalue weighted by atomic mass is 35.5. The predicted molar refractivity (Wildman–Crippen MR) is 96.7 cm³/mol. The first-order valence-corrected chi connectivity index (χ1v) is 7.75. The highest BCUT2D eigenvalue weighted by Crippen LogP contribution is 2.20. The summed E-state index contributed by atoms with van der Waals surface area (Å²) >= 11 is 11.5. The van der Waals surface area contributed by atoms with Gasteiger partial charge in [0, 0.05) is 33.9 Å². The number of aromatic amines is 1. The summed E-state index contributed by atoms with van der Waals surface area (Å²) in [6.45, 7) is 1.93. The molecular formula is C16H13Cl2N5O. The third-order valence-corrected chi connectivity index (χ3v) is 3.71. The average Bonchev–Trinajstić information content (AvgIpc) is 2.97. The fourth-order valence-electron chi connectivity index (χ4n) is 2.20. The number of hydrogen-bond donors (Lipinski definition) is 3. The monoisotopic (exact) mass is 361 g/mol. The van der Waals surface area contributed by atoms with Gasteiger partial charge < -0.3 is 10.3 Å². The highest BCUT2D eigenvalue weighted by Gasteiger charge is 2.13. The molecule has 0 saturated carbocycles. The molecule has 24 heavy (non-hydrogen) atoms. The Hall–Kier alpha value is -2.57. The van der Waals surface area contributed by atoms with E-state index >= 15 is 0 Å². The fraction of sp³-hybridized carbons (Fsp3) is 0.0625. The van der Waals surface area contributed by atoms with Gasteiger partial charge in [0.2, 0.25) is 5.96 Å². The topological polar surface area (TPSA) is 82.2 Å². The van der Waals surface area contributed by atoms with Crippen LogP contribution in [-0.4, -0.2) is 21.8 Å². The predicted octanol–water partition coefficient (Wildman–Crippen LogP) is 3.88. The molecule has 3 aromatic rings. The second-order valence-electron chi connectivity index (χ2n) is 5.15. The Morgan fingerprint density at radius 1 is 1.25 bits per heavy atom. The minimum Gasteiger partial charge on any atom is -0.351 e. The lowest BCUT2D eigenvalue weighted by Gasteiger charge is -2.09. The van der Waals surface area contributed by atoms with Crippen LogP contribution in [0.2, 0.25) is 5.02 Å². The number of carbonyl (C=O) groups is 1. The molecule has 0 aliphatic heterocycles. The van der Waals surface area contributed by atoms with Gasteiger partial charge >= 0.3 is 0 Å². The SMILES string of the molecule is Cc1ccnc(N/C(=N\Cl)NC(=O)c2cc3cc(Cl)ccc3[nH]2)c1. The minimum absolute atomic E-state index is 0.0801. The number of H-pyrrole nitrogens is 1. The zero-order valence-electron chi connectivity index (χ0n) is 12.6. The smallest absolute Gasteiger partial charge is 0.274 e. The van der Waals surface area contributed by atoms with Crippen molar-refractivity contribution in [3.8, 4) is 0 Å². The summed E-state index contributed by atoms with van der Waals surface area (Å²) in [7, 11) is 0. The first-order valence-electron chi connectivity index (χ1n) is 7.03. The van der Waals surface area contributed by atoms with Crippen molar-refractivity contribution in [3.63, 3.8) is 0 Å². The Labute approximate surface area is 148 Å². The second kappa shape index (κ2) is 6.90. The third kappa shape index (κ3) is 3.67. The van der Waals surface area contributed by atoms with Gasteiger partial charge in [-0.05, 0) is 48.9 Å². The number of rotatable bonds is 2. The molecule has 2 heterocycles. The van der Waals surface area contributed by atoms with Gasteiger partial charge in [0.05, 0.1) is 0 Å². The molecule has 0 bridgehead atoms. The summed E-state index contributed by atoms with van der Waals surface area (Å²) in [4.78, 5) is 19.5. The molecule has 0 radical (unpaired) electrons. The number of guanidine groups is 1. The van der Waals surface area contributed by atoms with E-state index in [9.17, 15) is 4.79 Å². The van der Waals surface area contributed by atoms with Gasteiger partial charge in [-0.3, -0.25) is 10.1 Å². The number of nitrogens with zero attached hydrogens (tertiary/aromatic N) is 2. The van der Waals surface area contributed by atoms with Crippen molar-refractivity contribution in [1.82, 2.24) is 15.3 Å². The normalized spacial score (nSPS) is 11.5. The van der Waals surface area contributed by atoms with E-state index in [1.165, 1.54) is 0 Å². The summed E-state index contributed by atoms with van der Waals surface area (Å²) < 4.78 is 3.52. The van der Waals surface area contributed by atoms with Gasteiger partial charge in [0.15, 0.2) is 0 Å². The van der Waals surface area contributed by atoms with Gasteiger partial charge in [-0.1, -0.05) is 11.6 Å². The fourth-order valence-corrected chi connectivity index (χ4v) is 2.47. The number of fused-ring (bicyclic) bond motifs is 1. The van der Waals surface area contributed by atoms with Gasteiger partial charge in [0.25, 0.3) is 5.91 Å². The quantitative estimate of drug-likeness (QED) is 0.478. The van der Waals surface area contributed by atoms with E-state index in [1.807, 2.05) is 13.0 Å². The molecule has 0 saturated heterocycles. The lowest BCUT2D eigenvalue weighted by Crippen LogP contribution is -2.35. The van der Waals surface area contributed by atoms with E-state index in [0.29, 0.717) is 16.5 Å². The van der Waals surface area contributed by atoms with Crippen LogP contribution in [0.3, 0.4) is 0 Å². The van der Waals surface area contributed by atoms with E-state index in [-0.39, 0.29) is 11.9 Å². The van der Waals surface area contributed by atoms with E-state index in [1.54, 1.807) is 36.5 Å². The maximum Gasteiger partial charge on any atom is 0.274 e. The summed E-state index contributed by atoms with van der Waals surface area (Å²) in [6.07, 6.45) is 1.65. The molecular weight excluding hydrogens is 349 g/mol. The van der Waals surface area contributed by atoms with Gasteiger partial charge in [-0.25, -0.2) is 4.98 Å². The summed E-state index contributed by atoms with van der Waals surface area (Å²) in [5.74, 6) is 0.219. The molecule has 122 valence electrons. The Balaban J connectivity index is 1.76.